The Labute approximate surface area is 245 Å². The molecule has 1 aromatic heterocycles. The van der Waals surface area contributed by atoms with Crippen molar-refractivity contribution in [2.45, 2.75) is 17.1 Å². The van der Waals surface area contributed by atoms with E-state index in [2.05, 4.69) is 16.0 Å². The van der Waals surface area contributed by atoms with Crippen molar-refractivity contribution in [3.05, 3.63) is 106 Å². The Hall–Kier alpha value is -4.54. The summed E-state index contributed by atoms with van der Waals surface area (Å²) in [6, 6.07) is 25.0. The number of carbonyl (C=O) groups excluding carboxylic acids is 3. The summed E-state index contributed by atoms with van der Waals surface area (Å²) in [5.74, 6) is 0.298. The largest absolute Gasteiger partial charge is 0.486 e. The lowest BCUT2D eigenvalue weighted by Crippen LogP contribution is -2.30. The minimum Gasteiger partial charge on any atom is -0.486 e. The highest BCUT2D eigenvalue weighted by atomic mass is 32.2. The molecule has 1 unspecified atom stereocenters. The highest BCUT2D eigenvalue weighted by molar-refractivity contribution is 8.00. The number of anilines is 2. The lowest BCUT2D eigenvalue weighted by Gasteiger charge is -2.19. The van der Waals surface area contributed by atoms with E-state index in [1.807, 2.05) is 42.6 Å². The first-order chi connectivity index (χ1) is 19.9. The molecule has 208 valence electrons. The molecule has 1 aliphatic heterocycles. The molecule has 2 heterocycles. The minimum atomic E-state index is -0.449. The van der Waals surface area contributed by atoms with Crippen molar-refractivity contribution < 1.29 is 23.9 Å². The van der Waals surface area contributed by atoms with Gasteiger partial charge in [0, 0.05) is 32.8 Å². The molecule has 0 spiro atoms. The number of hydrogen-bond donors (Lipinski definition) is 3. The van der Waals surface area contributed by atoms with Gasteiger partial charge in [-0.25, -0.2) is 0 Å². The molecule has 4 aromatic rings. The molecule has 0 fully saturated rings. The van der Waals surface area contributed by atoms with Gasteiger partial charge in [-0.2, -0.15) is 0 Å². The van der Waals surface area contributed by atoms with Crippen LogP contribution < -0.4 is 25.4 Å². The smallest absolute Gasteiger partial charge is 0.272 e. The molecule has 3 amide bonds. The fourth-order valence-electron chi connectivity index (χ4n) is 3.90. The summed E-state index contributed by atoms with van der Waals surface area (Å²) in [4.78, 5) is 40.4. The zero-order valence-electron chi connectivity index (χ0n) is 22.1. The topological polar surface area (TPSA) is 106 Å². The van der Waals surface area contributed by atoms with E-state index >= 15 is 0 Å². The van der Waals surface area contributed by atoms with Gasteiger partial charge in [-0.3, -0.25) is 14.4 Å². The molecular formula is C31H27N3O5S2. The van der Waals surface area contributed by atoms with Crippen LogP contribution in [0.2, 0.25) is 0 Å². The van der Waals surface area contributed by atoms with Crippen LogP contribution >= 0.6 is 23.1 Å². The van der Waals surface area contributed by atoms with Crippen LogP contribution in [0.25, 0.3) is 6.08 Å². The van der Waals surface area contributed by atoms with Gasteiger partial charge in [0.05, 0.1) is 5.25 Å². The summed E-state index contributed by atoms with van der Waals surface area (Å²) in [5, 5.41) is 10.0. The molecule has 0 saturated heterocycles. The Morgan fingerprint density at radius 2 is 1.59 bits per heavy atom. The number of rotatable bonds is 9. The van der Waals surface area contributed by atoms with Gasteiger partial charge in [-0.15, -0.1) is 23.1 Å². The number of ether oxygens (including phenoxy) is 2. The van der Waals surface area contributed by atoms with Gasteiger partial charge < -0.3 is 25.4 Å². The zero-order valence-corrected chi connectivity index (χ0v) is 23.7. The first-order valence-corrected chi connectivity index (χ1v) is 14.6. The summed E-state index contributed by atoms with van der Waals surface area (Å²) < 4.78 is 11.1. The van der Waals surface area contributed by atoms with Crippen LogP contribution in [-0.4, -0.2) is 36.2 Å². The van der Waals surface area contributed by atoms with Crippen LogP contribution in [0.5, 0.6) is 11.5 Å². The Kier molecular flexibility index (Phi) is 9.02. The van der Waals surface area contributed by atoms with Crippen molar-refractivity contribution in [2.75, 3.05) is 23.8 Å². The number of benzene rings is 3. The zero-order chi connectivity index (χ0) is 28.6. The summed E-state index contributed by atoms with van der Waals surface area (Å²) in [6.45, 7) is 2.80. The first-order valence-electron chi connectivity index (χ1n) is 12.8. The predicted octanol–water partition coefficient (Wildman–Crippen LogP) is 6.05. The van der Waals surface area contributed by atoms with Gasteiger partial charge in [0.1, 0.15) is 18.9 Å². The molecule has 0 aliphatic carbocycles. The molecule has 3 N–H and O–H groups in total. The molecule has 8 nitrogen and oxygen atoms in total. The van der Waals surface area contributed by atoms with Crippen LogP contribution in [-0.2, 0) is 9.59 Å². The third-order valence-corrected chi connectivity index (χ3v) is 7.89. The summed E-state index contributed by atoms with van der Waals surface area (Å²) in [7, 11) is 0. The lowest BCUT2D eigenvalue weighted by atomic mass is 10.2. The number of amides is 3. The maximum atomic E-state index is 13.2. The molecule has 0 radical (unpaired) electrons. The fraction of sp³-hybridized carbons (Fsp3) is 0.129. The van der Waals surface area contributed by atoms with E-state index < -0.39 is 5.91 Å². The van der Waals surface area contributed by atoms with Gasteiger partial charge >= 0.3 is 0 Å². The average molecular weight is 586 g/mol. The normalized spacial score (nSPS) is 13.1. The molecular weight excluding hydrogens is 558 g/mol. The van der Waals surface area contributed by atoms with Crippen molar-refractivity contribution >= 4 is 58.3 Å². The fourth-order valence-corrected chi connectivity index (χ4v) is 5.42. The number of fused-ring (bicyclic) bond motifs is 1. The van der Waals surface area contributed by atoms with Crippen molar-refractivity contribution in [1.82, 2.24) is 5.32 Å². The Morgan fingerprint density at radius 3 is 2.32 bits per heavy atom. The van der Waals surface area contributed by atoms with Crippen LogP contribution in [0, 0.1) is 0 Å². The molecule has 0 saturated carbocycles. The van der Waals surface area contributed by atoms with Gasteiger partial charge in [0.15, 0.2) is 11.5 Å². The van der Waals surface area contributed by atoms with Crippen molar-refractivity contribution in [1.29, 1.82) is 0 Å². The second-order valence-corrected chi connectivity index (χ2v) is 11.4. The Balaban J connectivity index is 1.19. The van der Waals surface area contributed by atoms with Crippen LogP contribution in [0.3, 0.4) is 0 Å². The van der Waals surface area contributed by atoms with E-state index in [0.29, 0.717) is 41.7 Å². The third-order valence-electron chi connectivity index (χ3n) is 5.96. The maximum absolute atomic E-state index is 13.2. The van der Waals surface area contributed by atoms with Gasteiger partial charge in [-0.05, 0) is 73.0 Å². The number of thioether (sulfide) groups is 1. The highest BCUT2D eigenvalue weighted by Gasteiger charge is 2.18. The molecule has 5 rings (SSSR count). The van der Waals surface area contributed by atoms with Crippen molar-refractivity contribution in [3.63, 3.8) is 0 Å². The van der Waals surface area contributed by atoms with Gasteiger partial charge in [0.2, 0.25) is 5.91 Å². The highest BCUT2D eigenvalue weighted by Crippen LogP contribution is 2.33. The number of thiophene rings is 1. The van der Waals surface area contributed by atoms with E-state index in [1.165, 1.54) is 23.1 Å². The summed E-state index contributed by atoms with van der Waals surface area (Å²) in [6.07, 6.45) is 1.65. The van der Waals surface area contributed by atoms with E-state index in [-0.39, 0.29) is 22.8 Å². The molecule has 3 aromatic carbocycles. The average Bonchev–Trinajstić information content (AvgIpc) is 3.51. The SMILES string of the molecule is CC(Sc1ccc(NC(=O)/C(=C/c2cccs2)NC(=O)c2ccccc2)cc1)C(=O)Nc1ccc2c(c1)OCCO2. The molecule has 10 heteroatoms. The van der Waals surface area contributed by atoms with E-state index in [9.17, 15) is 14.4 Å². The lowest BCUT2D eigenvalue weighted by molar-refractivity contribution is -0.115. The number of nitrogens with one attached hydrogen (secondary N) is 3. The van der Waals surface area contributed by atoms with Crippen molar-refractivity contribution in [3.8, 4) is 11.5 Å². The number of hydrogen-bond acceptors (Lipinski definition) is 7. The van der Waals surface area contributed by atoms with Gasteiger partial charge in [-0.1, -0.05) is 24.3 Å². The Bertz CT molecular complexity index is 1550. The van der Waals surface area contributed by atoms with Crippen LogP contribution in [0.15, 0.2) is 101 Å². The third kappa shape index (κ3) is 7.56. The van der Waals surface area contributed by atoms with Gasteiger partial charge in [0.25, 0.3) is 11.8 Å². The summed E-state index contributed by atoms with van der Waals surface area (Å²) in [5.41, 5.74) is 1.77. The number of carbonyl (C=O) groups is 3. The molecule has 41 heavy (non-hydrogen) atoms. The molecule has 1 atom stereocenters. The second-order valence-electron chi connectivity index (χ2n) is 8.98. The molecule has 1 aliphatic rings. The van der Waals surface area contributed by atoms with E-state index in [0.717, 1.165) is 9.77 Å². The monoisotopic (exact) mass is 585 g/mol. The van der Waals surface area contributed by atoms with E-state index in [4.69, 9.17) is 9.47 Å². The van der Waals surface area contributed by atoms with Crippen LogP contribution in [0.1, 0.15) is 22.2 Å². The Morgan fingerprint density at radius 1 is 0.854 bits per heavy atom. The summed E-state index contributed by atoms with van der Waals surface area (Å²) >= 11 is 2.85. The first kappa shape index (κ1) is 28.0. The second kappa shape index (κ2) is 13.2. The minimum absolute atomic E-state index is 0.129. The molecule has 0 bridgehead atoms. The predicted molar refractivity (Wildman–Crippen MR) is 163 cm³/mol. The van der Waals surface area contributed by atoms with E-state index in [1.54, 1.807) is 60.7 Å². The quantitative estimate of drug-likeness (QED) is 0.163. The maximum Gasteiger partial charge on any atom is 0.272 e. The van der Waals surface area contributed by atoms with Crippen molar-refractivity contribution in [2.24, 2.45) is 0 Å². The standard InChI is InChI=1S/C31H27N3O5S2/c1-20(29(35)33-23-11-14-27-28(18-23)39-16-15-38-27)41-24-12-9-22(10-13-24)32-31(37)26(19-25-8-5-17-40-25)34-30(36)21-6-3-2-4-7-21/h2-14,17-20H,15-16H2,1H3,(H,32,37)(H,33,35)(H,34,36)/b26-19-. The van der Waals surface area contributed by atoms with Crippen LogP contribution in [0.4, 0.5) is 11.4 Å².